The number of ether oxygens (including phenoxy) is 2. The molecule has 1 amide bonds. The van der Waals surface area contributed by atoms with E-state index in [9.17, 15) is 4.79 Å². The summed E-state index contributed by atoms with van der Waals surface area (Å²) >= 11 is 6.12. The number of hydrogen-bond acceptors (Lipinski definition) is 4. The minimum absolute atomic E-state index is 0.0620. The molecule has 0 aromatic heterocycles. The van der Waals surface area contributed by atoms with E-state index in [1.165, 1.54) is 4.90 Å². The molecule has 1 aliphatic rings. The molecule has 1 aliphatic heterocycles. The molecule has 20 heavy (non-hydrogen) atoms. The van der Waals surface area contributed by atoms with E-state index in [-0.39, 0.29) is 12.3 Å². The molecule has 106 valence electrons. The summed E-state index contributed by atoms with van der Waals surface area (Å²) in [5.74, 6) is 1.05. The van der Waals surface area contributed by atoms with Gasteiger partial charge in [0.15, 0.2) is 11.5 Å². The number of carbonyl (C=O) groups is 1. The van der Waals surface area contributed by atoms with Gasteiger partial charge >= 0.3 is 0 Å². The highest BCUT2D eigenvalue weighted by Gasteiger charge is 2.18. The van der Waals surface area contributed by atoms with Crippen molar-refractivity contribution in [3.8, 4) is 17.6 Å². The standard InChI is InChI=1S/C14H15ClN2O3/c1-17(4-2-3-16)13(18)9-10-7-11(15)14-12(8-10)19-5-6-20-14/h7-8H,2,4-6,9H2,1H3. The lowest BCUT2D eigenvalue weighted by Crippen LogP contribution is -2.29. The van der Waals surface area contributed by atoms with Crippen molar-refractivity contribution in [1.29, 1.82) is 5.26 Å². The maximum absolute atomic E-state index is 12.0. The van der Waals surface area contributed by atoms with Gasteiger partial charge in [-0.2, -0.15) is 5.26 Å². The summed E-state index contributed by atoms with van der Waals surface area (Å²) in [6.45, 7) is 1.37. The van der Waals surface area contributed by atoms with Gasteiger partial charge in [-0.25, -0.2) is 0 Å². The van der Waals surface area contributed by atoms with Crippen LogP contribution in [0.1, 0.15) is 12.0 Å². The molecule has 0 unspecified atom stereocenters. The molecule has 6 heteroatoms. The van der Waals surface area contributed by atoms with E-state index in [4.69, 9.17) is 26.3 Å². The average Bonchev–Trinajstić information content (AvgIpc) is 2.44. The van der Waals surface area contributed by atoms with Crippen LogP contribution in [0.3, 0.4) is 0 Å². The number of carbonyl (C=O) groups excluding carboxylic acids is 1. The quantitative estimate of drug-likeness (QED) is 0.852. The van der Waals surface area contributed by atoms with Gasteiger partial charge in [0.05, 0.1) is 23.9 Å². The molecule has 5 nitrogen and oxygen atoms in total. The van der Waals surface area contributed by atoms with Crippen LogP contribution in [0.25, 0.3) is 0 Å². The van der Waals surface area contributed by atoms with E-state index < -0.39 is 0 Å². The first kappa shape index (κ1) is 14.5. The van der Waals surface area contributed by atoms with Crippen molar-refractivity contribution in [2.75, 3.05) is 26.8 Å². The number of rotatable bonds is 4. The van der Waals surface area contributed by atoms with Crippen LogP contribution in [-0.2, 0) is 11.2 Å². The molecule has 1 heterocycles. The highest BCUT2D eigenvalue weighted by Crippen LogP contribution is 2.38. The minimum Gasteiger partial charge on any atom is -0.486 e. The van der Waals surface area contributed by atoms with Crippen molar-refractivity contribution in [2.24, 2.45) is 0 Å². The Morgan fingerprint density at radius 2 is 2.20 bits per heavy atom. The molecule has 0 atom stereocenters. The van der Waals surface area contributed by atoms with Gasteiger partial charge in [-0.1, -0.05) is 11.6 Å². The number of nitrogens with zero attached hydrogens (tertiary/aromatic N) is 2. The number of halogens is 1. The van der Waals surface area contributed by atoms with Crippen LogP contribution in [-0.4, -0.2) is 37.6 Å². The van der Waals surface area contributed by atoms with Gasteiger partial charge in [0, 0.05) is 13.6 Å². The van der Waals surface area contributed by atoms with Gasteiger partial charge in [0.25, 0.3) is 0 Å². The maximum atomic E-state index is 12.0. The molecular formula is C14H15ClN2O3. The van der Waals surface area contributed by atoms with E-state index in [1.807, 2.05) is 6.07 Å². The number of hydrogen-bond donors (Lipinski definition) is 0. The van der Waals surface area contributed by atoms with Crippen molar-refractivity contribution >= 4 is 17.5 Å². The second-order valence-corrected chi connectivity index (χ2v) is 4.91. The first-order chi connectivity index (χ1) is 9.61. The van der Waals surface area contributed by atoms with E-state index in [1.54, 1.807) is 19.2 Å². The Morgan fingerprint density at radius 1 is 1.45 bits per heavy atom. The smallest absolute Gasteiger partial charge is 0.226 e. The molecule has 0 bridgehead atoms. The highest BCUT2D eigenvalue weighted by atomic mass is 35.5. The molecule has 0 aliphatic carbocycles. The summed E-state index contributed by atoms with van der Waals surface area (Å²) in [5, 5.41) is 8.97. The van der Waals surface area contributed by atoms with Gasteiger partial charge in [0.1, 0.15) is 13.2 Å². The van der Waals surface area contributed by atoms with Crippen LogP contribution in [0, 0.1) is 11.3 Å². The van der Waals surface area contributed by atoms with Crippen LogP contribution in [0.5, 0.6) is 11.5 Å². The Bertz CT molecular complexity index is 554. The van der Waals surface area contributed by atoms with Gasteiger partial charge in [-0.15, -0.1) is 0 Å². The Kier molecular flexibility index (Phi) is 4.70. The van der Waals surface area contributed by atoms with Gasteiger partial charge < -0.3 is 14.4 Å². The molecule has 2 rings (SSSR count). The van der Waals surface area contributed by atoms with Crippen LogP contribution in [0.2, 0.25) is 5.02 Å². The van der Waals surface area contributed by atoms with E-state index in [0.717, 1.165) is 5.56 Å². The van der Waals surface area contributed by atoms with Crippen molar-refractivity contribution in [2.45, 2.75) is 12.8 Å². The maximum Gasteiger partial charge on any atom is 0.226 e. The summed E-state index contributed by atoms with van der Waals surface area (Å²) in [7, 11) is 1.68. The monoisotopic (exact) mass is 294 g/mol. The van der Waals surface area contributed by atoms with Crippen LogP contribution >= 0.6 is 11.6 Å². The average molecular weight is 295 g/mol. The lowest BCUT2D eigenvalue weighted by molar-refractivity contribution is -0.129. The fourth-order valence-corrected chi connectivity index (χ4v) is 2.21. The van der Waals surface area contributed by atoms with Crippen LogP contribution in [0.15, 0.2) is 12.1 Å². The third-order valence-corrected chi connectivity index (χ3v) is 3.28. The van der Waals surface area contributed by atoms with Crippen LogP contribution in [0.4, 0.5) is 0 Å². The molecule has 0 saturated heterocycles. The zero-order valence-corrected chi connectivity index (χ0v) is 11.9. The van der Waals surface area contributed by atoms with Gasteiger partial charge in [-0.05, 0) is 17.7 Å². The number of likely N-dealkylation sites (N-methyl/N-ethyl adjacent to an activating group) is 1. The first-order valence-electron chi connectivity index (χ1n) is 6.30. The third-order valence-electron chi connectivity index (χ3n) is 3.00. The zero-order valence-electron chi connectivity index (χ0n) is 11.2. The Morgan fingerprint density at radius 3 is 2.95 bits per heavy atom. The molecule has 1 aromatic rings. The second kappa shape index (κ2) is 6.49. The summed E-state index contributed by atoms with van der Waals surface area (Å²) in [6, 6.07) is 5.50. The Labute approximate surface area is 122 Å². The van der Waals surface area contributed by atoms with E-state index in [0.29, 0.717) is 42.7 Å². The molecule has 1 aromatic carbocycles. The summed E-state index contributed by atoms with van der Waals surface area (Å²) in [5.41, 5.74) is 0.771. The predicted octanol–water partition coefficient (Wildman–Crippen LogP) is 2.03. The SMILES string of the molecule is CN(CCC#N)C(=O)Cc1cc(Cl)c2c(c1)OCCO2. The molecule has 0 fully saturated rings. The van der Waals surface area contributed by atoms with Crippen LogP contribution < -0.4 is 9.47 Å². The number of fused-ring (bicyclic) bond motifs is 1. The predicted molar refractivity (Wildman–Crippen MR) is 74.0 cm³/mol. The summed E-state index contributed by atoms with van der Waals surface area (Å²) in [4.78, 5) is 13.5. The van der Waals surface area contributed by atoms with Crippen molar-refractivity contribution in [3.63, 3.8) is 0 Å². The Balaban J connectivity index is 2.08. The molecule has 0 spiro atoms. The zero-order chi connectivity index (χ0) is 14.5. The highest BCUT2D eigenvalue weighted by molar-refractivity contribution is 6.32. The van der Waals surface area contributed by atoms with Gasteiger partial charge in [0.2, 0.25) is 5.91 Å². The van der Waals surface area contributed by atoms with Gasteiger partial charge in [-0.3, -0.25) is 4.79 Å². The Hall–Kier alpha value is -1.93. The number of nitriles is 1. The van der Waals surface area contributed by atoms with E-state index in [2.05, 4.69) is 0 Å². The van der Waals surface area contributed by atoms with Crippen molar-refractivity contribution in [3.05, 3.63) is 22.7 Å². The fourth-order valence-electron chi connectivity index (χ4n) is 1.92. The minimum atomic E-state index is -0.0620. The van der Waals surface area contributed by atoms with Crippen molar-refractivity contribution in [1.82, 2.24) is 4.90 Å². The number of benzene rings is 1. The normalized spacial score (nSPS) is 12.7. The first-order valence-corrected chi connectivity index (χ1v) is 6.68. The third kappa shape index (κ3) is 3.34. The fraction of sp³-hybridized carbons (Fsp3) is 0.429. The van der Waals surface area contributed by atoms with Crippen molar-refractivity contribution < 1.29 is 14.3 Å². The largest absolute Gasteiger partial charge is 0.486 e. The summed E-state index contributed by atoms with van der Waals surface area (Å²) < 4.78 is 10.9. The topological polar surface area (TPSA) is 62.6 Å². The second-order valence-electron chi connectivity index (χ2n) is 4.50. The molecule has 0 radical (unpaired) electrons. The van der Waals surface area contributed by atoms with E-state index >= 15 is 0 Å². The lowest BCUT2D eigenvalue weighted by atomic mass is 10.1. The summed E-state index contributed by atoms with van der Waals surface area (Å²) in [6.07, 6.45) is 0.544. The lowest BCUT2D eigenvalue weighted by Gasteiger charge is -2.21. The molecule has 0 saturated carbocycles. The molecular weight excluding hydrogens is 280 g/mol. The number of amides is 1. The molecule has 0 N–H and O–H groups in total.